The monoisotopic (exact) mass is 217 g/mol. The molecule has 0 heterocycles. The number of rotatable bonds is 9. The van der Waals surface area contributed by atoms with E-state index in [1.165, 1.54) is 0 Å². The van der Waals surface area contributed by atoms with Crippen molar-refractivity contribution in [3.05, 3.63) is 0 Å². The molecule has 3 nitrogen and oxygen atoms in total. The zero-order valence-corrected chi connectivity index (χ0v) is 10.7. The molecule has 0 amide bonds. The molecule has 1 atom stereocenters. The van der Waals surface area contributed by atoms with Crippen LogP contribution in [0.25, 0.3) is 0 Å². The highest BCUT2D eigenvalue weighted by molar-refractivity contribution is 4.79. The number of aliphatic hydroxyl groups excluding tert-OH is 1. The van der Waals surface area contributed by atoms with E-state index in [1.807, 2.05) is 14.0 Å². The fourth-order valence-corrected chi connectivity index (χ4v) is 1.27. The number of ether oxygens (including phenoxy) is 1. The van der Waals surface area contributed by atoms with Crippen molar-refractivity contribution >= 4 is 0 Å². The van der Waals surface area contributed by atoms with Crippen LogP contribution < -0.4 is 5.32 Å². The van der Waals surface area contributed by atoms with Gasteiger partial charge in [-0.05, 0) is 39.2 Å². The highest BCUT2D eigenvalue weighted by Gasteiger charge is 2.19. The van der Waals surface area contributed by atoms with Crippen LogP contribution in [0.1, 0.15) is 40.0 Å². The molecule has 0 saturated carbocycles. The first-order valence-electron chi connectivity index (χ1n) is 5.91. The summed E-state index contributed by atoms with van der Waals surface area (Å²) in [4.78, 5) is 0. The molecule has 0 aromatic heterocycles. The molecule has 0 aromatic rings. The van der Waals surface area contributed by atoms with Crippen LogP contribution in [0.3, 0.4) is 0 Å². The van der Waals surface area contributed by atoms with Gasteiger partial charge in [-0.1, -0.05) is 13.8 Å². The van der Waals surface area contributed by atoms with Crippen molar-refractivity contribution in [2.24, 2.45) is 5.92 Å². The van der Waals surface area contributed by atoms with Crippen LogP contribution in [-0.2, 0) is 4.74 Å². The minimum absolute atomic E-state index is 0.151. The van der Waals surface area contributed by atoms with Gasteiger partial charge in [-0.15, -0.1) is 0 Å². The maximum absolute atomic E-state index is 9.16. The third kappa shape index (κ3) is 7.77. The highest BCUT2D eigenvalue weighted by Crippen LogP contribution is 2.10. The summed E-state index contributed by atoms with van der Waals surface area (Å²) < 4.78 is 5.52. The van der Waals surface area contributed by atoms with E-state index in [4.69, 9.17) is 9.84 Å². The molecule has 15 heavy (non-hydrogen) atoms. The van der Waals surface area contributed by atoms with Gasteiger partial charge >= 0.3 is 0 Å². The fourth-order valence-electron chi connectivity index (χ4n) is 1.27. The van der Waals surface area contributed by atoms with Crippen molar-refractivity contribution in [1.82, 2.24) is 5.32 Å². The summed E-state index contributed by atoms with van der Waals surface area (Å²) in [7, 11) is 1.88. The van der Waals surface area contributed by atoms with Gasteiger partial charge in [0.05, 0.1) is 6.61 Å². The lowest BCUT2D eigenvalue weighted by Gasteiger charge is -2.26. The second-order valence-electron chi connectivity index (χ2n) is 4.87. The van der Waals surface area contributed by atoms with E-state index in [1.54, 1.807) is 0 Å². The first-order valence-corrected chi connectivity index (χ1v) is 5.91. The fraction of sp³-hybridized carbons (Fsp3) is 1.00. The van der Waals surface area contributed by atoms with Crippen molar-refractivity contribution in [3.8, 4) is 0 Å². The Bertz CT molecular complexity index is 145. The molecule has 0 aliphatic rings. The van der Waals surface area contributed by atoms with Crippen LogP contribution in [0.2, 0.25) is 0 Å². The average Bonchev–Trinajstić information content (AvgIpc) is 2.22. The van der Waals surface area contributed by atoms with E-state index in [0.29, 0.717) is 5.92 Å². The van der Waals surface area contributed by atoms with Gasteiger partial charge in [0.1, 0.15) is 0 Å². The molecule has 0 fully saturated rings. The van der Waals surface area contributed by atoms with Crippen LogP contribution in [0.15, 0.2) is 0 Å². The third-order valence-corrected chi connectivity index (χ3v) is 2.81. The maximum Gasteiger partial charge on any atom is 0.0610 e. The largest absolute Gasteiger partial charge is 0.394 e. The number of hydrogen-bond acceptors (Lipinski definition) is 3. The second kappa shape index (κ2) is 8.08. The number of likely N-dealkylation sites (N-methyl/N-ethyl adjacent to an activating group) is 1. The number of hydrogen-bond donors (Lipinski definition) is 2. The normalized spacial score (nSPS) is 15.6. The molecule has 0 spiro atoms. The summed E-state index contributed by atoms with van der Waals surface area (Å²) in [6.07, 6.45) is 3.07. The Kier molecular flexibility index (Phi) is 8.02. The molecule has 0 aromatic carbocycles. The molecule has 1 unspecified atom stereocenters. The topological polar surface area (TPSA) is 41.5 Å². The van der Waals surface area contributed by atoms with Crippen molar-refractivity contribution in [3.63, 3.8) is 0 Å². The van der Waals surface area contributed by atoms with Gasteiger partial charge in [-0.3, -0.25) is 0 Å². The zero-order valence-electron chi connectivity index (χ0n) is 10.7. The smallest absolute Gasteiger partial charge is 0.0610 e. The molecule has 3 heteroatoms. The molecule has 0 aliphatic heterocycles. The van der Waals surface area contributed by atoms with E-state index < -0.39 is 0 Å². The Morgan fingerprint density at radius 1 is 1.33 bits per heavy atom. The van der Waals surface area contributed by atoms with Crippen molar-refractivity contribution in [2.45, 2.75) is 45.6 Å². The Balaban J connectivity index is 3.37. The predicted octanol–water partition coefficient (Wildman–Crippen LogP) is 1.80. The maximum atomic E-state index is 9.16. The number of nitrogens with one attached hydrogen (secondary N) is 1. The molecule has 0 bridgehead atoms. The van der Waals surface area contributed by atoms with Gasteiger partial charge in [0.25, 0.3) is 0 Å². The molecule has 0 radical (unpaired) electrons. The van der Waals surface area contributed by atoms with E-state index in [0.717, 1.165) is 32.5 Å². The van der Waals surface area contributed by atoms with E-state index in [-0.39, 0.29) is 12.1 Å². The van der Waals surface area contributed by atoms with Crippen molar-refractivity contribution < 1.29 is 9.84 Å². The van der Waals surface area contributed by atoms with Crippen LogP contribution in [0, 0.1) is 5.92 Å². The van der Waals surface area contributed by atoms with Crippen LogP contribution in [0.5, 0.6) is 0 Å². The Morgan fingerprint density at radius 2 is 2.00 bits per heavy atom. The molecule has 92 valence electrons. The highest BCUT2D eigenvalue weighted by atomic mass is 16.5. The molecular weight excluding hydrogens is 190 g/mol. The van der Waals surface area contributed by atoms with Crippen molar-refractivity contribution in [2.75, 3.05) is 26.9 Å². The summed E-state index contributed by atoms with van der Waals surface area (Å²) in [6, 6.07) is 0. The SMILES string of the molecule is CNC(C)(CO)CCCOCCC(C)C. The van der Waals surface area contributed by atoms with Crippen LogP contribution in [-0.4, -0.2) is 37.5 Å². The minimum Gasteiger partial charge on any atom is -0.394 e. The molecule has 0 saturated heterocycles. The molecule has 0 rings (SSSR count). The first kappa shape index (κ1) is 14.9. The summed E-state index contributed by atoms with van der Waals surface area (Å²) in [5.41, 5.74) is -0.151. The summed E-state index contributed by atoms with van der Waals surface area (Å²) in [6.45, 7) is 8.26. The van der Waals surface area contributed by atoms with Crippen LogP contribution >= 0.6 is 0 Å². The summed E-state index contributed by atoms with van der Waals surface area (Å²) >= 11 is 0. The van der Waals surface area contributed by atoms with Crippen LogP contribution in [0.4, 0.5) is 0 Å². The van der Waals surface area contributed by atoms with Crippen molar-refractivity contribution in [1.29, 1.82) is 0 Å². The zero-order chi connectivity index (χ0) is 11.7. The number of aliphatic hydroxyl groups is 1. The standard InChI is InChI=1S/C12H27NO2/c1-11(2)6-9-15-8-5-7-12(3,10-14)13-4/h11,13-14H,5-10H2,1-4H3. The Labute approximate surface area is 94.2 Å². The lowest BCUT2D eigenvalue weighted by Crippen LogP contribution is -2.43. The van der Waals surface area contributed by atoms with Gasteiger partial charge in [0, 0.05) is 18.8 Å². The van der Waals surface area contributed by atoms with E-state index >= 15 is 0 Å². The second-order valence-corrected chi connectivity index (χ2v) is 4.87. The Morgan fingerprint density at radius 3 is 2.47 bits per heavy atom. The average molecular weight is 217 g/mol. The third-order valence-electron chi connectivity index (χ3n) is 2.81. The van der Waals surface area contributed by atoms with Gasteiger partial charge in [0.15, 0.2) is 0 Å². The lowest BCUT2D eigenvalue weighted by molar-refractivity contribution is 0.105. The Hall–Kier alpha value is -0.120. The van der Waals surface area contributed by atoms with Gasteiger partial charge in [0.2, 0.25) is 0 Å². The lowest BCUT2D eigenvalue weighted by atomic mass is 9.97. The van der Waals surface area contributed by atoms with E-state index in [9.17, 15) is 0 Å². The predicted molar refractivity (Wildman–Crippen MR) is 64.1 cm³/mol. The molecule has 0 aliphatic carbocycles. The van der Waals surface area contributed by atoms with Gasteiger partial charge in [-0.25, -0.2) is 0 Å². The van der Waals surface area contributed by atoms with E-state index in [2.05, 4.69) is 19.2 Å². The minimum atomic E-state index is -0.151. The summed E-state index contributed by atoms with van der Waals surface area (Å²) in [5, 5.41) is 12.3. The summed E-state index contributed by atoms with van der Waals surface area (Å²) in [5.74, 6) is 0.713. The quantitative estimate of drug-likeness (QED) is 0.579. The first-order chi connectivity index (χ1) is 7.04. The molecule has 2 N–H and O–H groups in total. The van der Waals surface area contributed by atoms with Gasteiger partial charge < -0.3 is 15.2 Å². The van der Waals surface area contributed by atoms with Gasteiger partial charge in [-0.2, -0.15) is 0 Å². The molecular formula is C12H27NO2.